The highest BCUT2D eigenvalue weighted by molar-refractivity contribution is 7.80. The molecule has 320 valence electrons. The standard InChI is InChI=1S/C41H78O12S/c1-3-5-7-9-11-13-15-17-18-19-21-23-25-27-29-31-49-33-35(51-37(43)30-28-26-24-22-20-16-14-12-10-8-6-4-2)34-50-41-39(45)40(53-54(46,47)48)38(44)36(32-42)52-41/h12,14,35-36,38-42,44-45H,3-11,13,15-34H2,1-2H3,(H,46,47,48)/b14-12-. The first-order chi connectivity index (χ1) is 26.1. The van der Waals surface area contributed by atoms with E-state index in [1.807, 2.05) is 0 Å². The lowest BCUT2D eigenvalue weighted by atomic mass is 9.99. The van der Waals surface area contributed by atoms with Gasteiger partial charge in [0.1, 0.15) is 30.5 Å². The summed E-state index contributed by atoms with van der Waals surface area (Å²) in [6.45, 7) is 3.96. The lowest BCUT2D eigenvalue weighted by Gasteiger charge is -2.41. The molecule has 6 atom stereocenters. The van der Waals surface area contributed by atoms with Crippen LogP contribution in [0.3, 0.4) is 0 Å². The van der Waals surface area contributed by atoms with Crippen molar-refractivity contribution >= 4 is 16.4 Å². The summed E-state index contributed by atoms with van der Waals surface area (Å²) in [5.74, 6) is -0.407. The molecule has 0 aromatic rings. The van der Waals surface area contributed by atoms with E-state index in [9.17, 15) is 28.5 Å². The maximum Gasteiger partial charge on any atom is 0.397 e. The number of rotatable bonds is 37. The number of allylic oxidation sites excluding steroid dienone is 2. The minimum Gasteiger partial charge on any atom is -0.457 e. The number of hydrogen-bond donors (Lipinski definition) is 4. The van der Waals surface area contributed by atoms with Gasteiger partial charge < -0.3 is 34.3 Å². The molecule has 0 aromatic carbocycles. The van der Waals surface area contributed by atoms with Gasteiger partial charge in [-0.05, 0) is 38.5 Å². The smallest absolute Gasteiger partial charge is 0.397 e. The summed E-state index contributed by atoms with van der Waals surface area (Å²) in [7, 11) is -5.06. The number of ether oxygens (including phenoxy) is 4. The van der Waals surface area contributed by atoms with E-state index in [4.69, 9.17) is 23.5 Å². The van der Waals surface area contributed by atoms with Crippen molar-refractivity contribution < 1.29 is 56.2 Å². The summed E-state index contributed by atoms with van der Waals surface area (Å²) in [5, 5.41) is 30.6. The molecule has 1 heterocycles. The molecular formula is C41H78O12S. The molecule has 6 unspecified atom stereocenters. The third kappa shape index (κ3) is 27.4. The molecule has 54 heavy (non-hydrogen) atoms. The third-order valence-corrected chi connectivity index (χ3v) is 10.4. The maximum absolute atomic E-state index is 12.8. The Morgan fingerprint density at radius 2 is 1.17 bits per heavy atom. The Bertz CT molecular complexity index is 1010. The van der Waals surface area contributed by atoms with E-state index >= 15 is 0 Å². The van der Waals surface area contributed by atoms with Crippen molar-refractivity contribution in [3.63, 3.8) is 0 Å². The summed E-state index contributed by atoms with van der Waals surface area (Å²) in [6.07, 6.45) is 25.3. The van der Waals surface area contributed by atoms with E-state index in [2.05, 4.69) is 30.2 Å². The molecular weight excluding hydrogens is 717 g/mol. The SMILES string of the molecule is CCCCC/C=C\CCCCCCCC(=O)OC(COCCCCCCCCCCCCCCCCC)COC1OC(CO)C(O)C(OS(=O)(=O)O)C1O. The van der Waals surface area contributed by atoms with E-state index in [0.29, 0.717) is 13.0 Å². The zero-order valence-electron chi connectivity index (χ0n) is 33.8. The number of aliphatic hydroxyl groups is 3. The second-order valence-corrected chi connectivity index (χ2v) is 16.0. The normalized spacial score (nSPS) is 21.2. The molecule has 1 fully saturated rings. The quantitative estimate of drug-likeness (QED) is 0.0205. The van der Waals surface area contributed by atoms with E-state index < -0.39 is 59.8 Å². The average molecular weight is 795 g/mol. The van der Waals surface area contributed by atoms with Crippen LogP contribution in [0.5, 0.6) is 0 Å². The van der Waals surface area contributed by atoms with E-state index in [1.165, 1.54) is 96.3 Å². The summed E-state index contributed by atoms with van der Waals surface area (Å²) >= 11 is 0. The van der Waals surface area contributed by atoms with E-state index in [0.717, 1.165) is 57.8 Å². The highest BCUT2D eigenvalue weighted by Gasteiger charge is 2.48. The van der Waals surface area contributed by atoms with Crippen LogP contribution >= 0.6 is 0 Å². The van der Waals surface area contributed by atoms with Gasteiger partial charge >= 0.3 is 16.4 Å². The molecule has 0 amide bonds. The first kappa shape index (κ1) is 50.9. The maximum atomic E-state index is 12.8. The van der Waals surface area contributed by atoms with Gasteiger partial charge in [0.2, 0.25) is 0 Å². The van der Waals surface area contributed by atoms with E-state index in [1.54, 1.807) is 0 Å². The zero-order valence-corrected chi connectivity index (χ0v) is 34.6. The van der Waals surface area contributed by atoms with Gasteiger partial charge in [0, 0.05) is 13.0 Å². The minimum atomic E-state index is -5.06. The van der Waals surface area contributed by atoms with Gasteiger partial charge in [0.15, 0.2) is 6.29 Å². The highest BCUT2D eigenvalue weighted by Crippen LogP contribution is 2.26. The van der Waals surface area contributed by atoms with Crippen LogP contribution in [0, 0.1) is 0 Å². The van der Waals surface area contributed by atoms with Crippen molar-refractivity contribution in [1.82, 2.24) is 0 Å². The Morgan fingerprint density at radius 3 is 1.70 bits per heavy atom. The van der Waals surface area contributed by atoms with Crippen molar-refractivity contribution in [3.05, 3.63) is 12.2 Å². The average Bonchev–Trinajstić information content (AvgIpc) is 3.14. The van der Waals surface area contributed by atoms with Crippen LogP contribution in [0.25, 0.3) is 0 Å². The Labute approximate surface area is 328 Å². The number of unbranched alkanes of at least 4 members (excludes halogenated alkanes) is 22. The number of aliphatic hydroxyl groups excluding tert-OH is 3. The fourth-order valence-electron chi connectivity index (χ4n) is 6.61. The van der Waals surface area contributed by atoms with Crippen LogP contribution in [0.15, 0.2) is 12.2 Å². The second kappa shape index (κ2) is 33.9. The molecule has 1 aliphatic rings. The van der Waals surface area contributed by atoms with Crippen LogP contribution in [0.4, 0.5) is 0 Å². The topological polar surface area (TPSA) is 178 Å². The van der Waals surface area contributed by atoms with Gasteiger partial charge in [0.05, 0.1) is 19.8 Å². The Morgan fingerprint density at radius 1 is 0.685 bits per heavy atom. The molecule has 0 saturated carbocycles. The van der Waals surface area contributed by atoms with Gasteiger partial charge in [-0.3, -0.25) is 9.35 Å². The van der Waals surface area contributed by atoms with Crippen LogP contribution in [-0.4, -0.2) is 97.5 Å². The van der Waals surface area contributed by atoms with Crippen molar-refractivity contribution in [3.8, 4) is 0 Å². The predicted octanol–water partition coefficient (Wildman–Crippen LogP) is 8.30. The number of carbonyl (C=O) groups is 1. The fraction of sp³-hybridized carbons (Fsp3) is 0.927. The van der Waals surface area contributed by atoms with Crippen LogP contribution in [0.1, 0.15) is 181 Å². The lowest BCUT2D eigenvalue weighted by Crippen LogP contribution is -2.60. The van der Waals surface area contributed by atoms with Crippen molar-refractivity contribution in [2.45, 2.75) is 218 Å². The minimum absolute atomic E-state index is 0.0378. The molecule has 1 saturated heterocycles. The monoisotopic (exact) mass is 795 g/mol. The van der Waals surface area contributed by atoms with Crippen LogP contribution in [-0.2, 0) is 38.3 Å². The molecule has 0 radical (unpaired) electrons. The largest absolute Gasteiger partial charge is 0.457 e. The van der Waals surface area contributed by atoms with Gasteiger partial charge in [-0.2, -0.15) is 8.42 Å². The Balaban J connectivity index is 2.45. The molecule has 0 aliphatic carbocycles. The number of carbonyl (C=O) groups excluding carboxylic acids is 1. The lowest BCUT2D eigenvalue weighted by molar-refractivity contribution is -0.301. The van der Waals surface area contributed by atoms with Gasteiger partial charge in [-0.25, -0.2) is 4.18 Å². The van der Waals surface area contributed by atoms with Crippen LogP contribution < -0.4 is 0 Å². The zero-order chi connectivity index (χ0) is 39.7. The molecule has 0 bridgehead atoms. The molecule has 0 spiro atoms. The molecule has 0 aromatic heterocycles. The summed E-state index contributed by atoms with van der Waals surface area (Å²) in [5.41, 5.74) is 0. The van der Waals surface area contributed by atoms with Crippen molar-refractivity contribution in [2.75, 3.05) is 26.4 Å². The summed E-state index contributed by atoms with van der Waals surface area (Å²) < 4.78 is 58.9. The summed E-state index contributed by atoms with van der Waals surface area (Å²) in [6, 6.07) is 0. The molecule has 12 nitrogen and oxygen atoms in total. The van der Waals surface area contributed by atoms with E-state index in [-0.39, 0.29) is 19.6 Å². The first-order valence-electron chi connectivity index (χ1n) is 21.4. The second-order valence-electron chi connectivity index (χ2n) is 14.9. The third-order valence-electron chi connectivity index (χ3n) is 9.89. The van der Waals surface area contributed by atoms with Gasteiger partial charge in [-0.1, -0.05) is 148 Å². The van der Waals surface area contributed by atoms with Crippen molar-refractivity contribution in [1.29, 1.82) is 0 Å². The molecule has 1 aliphatic heterocycles. The number of hydrogen-bond acceptors (Lipinski definition) is 11. The van der Waals surface area contributed by atoms with Crippen LogP contribution in [0.2, 0.25) is 0 Å². The Hall–Kier alpha value is -1.16. The molecule has 13 heteroatoms. The fourth-order valence-corrected chi connectivity index (χ4v) is 7.12. The molecule has 4 N–H and O–H groups in total. The van der Waals surface area contributed by atoms with Gasteiger partial charge in [-0.15, -0.1) is 0 Å². The summed E-state index contributed by atoms with van der Waals surface area (Å²) in [4.78, 5) is 12.8. The first-order valence-corrected chi connectivity index (χ1v) is 22.8. The highest BCUT2D eigenvalue weighted by atomic mass is 32.3. The van der Waals surface area contributed by atoms with Crippen molar-refractivity contribution in [2.24, 2.45) is 0 Å². The van der Waals surface area contributed by atoms with Gasteiger partial charge in [0.25, 0.3) is 0 Å². The number of esters is 1. The predicted molar refractivity (Wildman–Crippen MR) is 211 cm³/mol. The molecule has 1 rings (SSSR count). The Kier molecular flexibility index (Phi) is 32.0.